The highest BCUT2D eigenvalue weighted by atomic mass is 32.2. The zero-order chi connectivity index (χ0) is 7.98. The van der Waals surface area contributed by atoms with E-state index in [9.17, 15) is 0 Å². The van der Waals surface area contributed by atoms with Crippen molar-refractivity contribution in [1.29, 1.82) is 0 Å². The van der Waals surface area contributed by atoms with Crippen LogP contribution in [0.25, 0.3) is 0 Å². The Bertz CT molecular complexity index is 69.1. The van der Waals surface area contributed by atoms with Crippen LogP contribution < -0.4 is 0 Å². The molecule has 0 amide bonds. The third kappa shape index (κ3) is 6.47. The normalized spacial score (nSPS) is 14.1. The van der Waals surface area contributed by atoms with Crippen molar-refractivity contribution in [2.24, 2.45) is 11.8 Å². The summed E-state index contributed by atoms with van der Waals surface area (Å²) in [5.74, 6) is 4.43. The lowest BCUT2D eigenvalue weighted by Gasteiger charge is -2.08. The molecule has 0 aliphatic heterocycles. The zero-order valence-electron chi connectivity index (χ0n) is 7.68. The molecule has 0 nitrogen and oxygen atoms in total. The van der Waals surface area contributed by atoms with E-state index in [0.29, 0.717) is 0 Å². The van der Waals surface area contributed by atoms with Crippen LogP contribution in [0.2, 0.25) is 0 Å². The number of rotatable bonds is 5. The van der Waals surface area contributed by atoms with Gasteiger partial charge >= 0.3 is 0 Å². The first-order valence-electron chi connectivity index (χ1n) is 4.24. The van der Waals surface area contributed by atoms with E-state index in [1.807, 2.05) is 0 Å². The van der Waals surface area contributed by atoms with Crippen molar-refractivity contribution in [1.82, 2.24) is 0 Å². The van der Waals surface area contributed by atoms with Crippen LogP contribution in [0.3, 0.4) is 0 Å². The van der Waals surface area contributed by atoms with Crippen LogP contribution in [0.5, 0.6) is 0 Å². The Hall–Kier alpha value is 0.350. The molecular formula is C9H20S. The molecule has 0 N–H and O–H groups in total. The molecule has 0 spiro atoms. The second kappa shape index (κ2) is 6.09. The minimum atomic E-state index is 0.856. The van der Waals surface area contributed by atoms with E-state index < -0.39 is 0 Å². The first kappa shape index (κ1) is 10.3. The molecule has 0 aliphatic carbocycles. The second-order valence-electron chi connectivity index (χ2n) is 3.44. The smallest absolute Gasteiger partial charge is 0.00418 e. The van der Waals surface area contributed by atoms with Gasteiger partial charge < -0.3 is 0 Å². The van der Waals surface area contributed by atoms with Gasteiger partial charge in [-0.15, -0.1) is 0 Å². The maximum atomic E-state index is 2.33. The summed E-state index contributed by atoms with van der Waals surface area (Å²) in [7, 11) is 0. The van der Waals surface area contributed by atoms with Crippen molar-refractivity contribution in [2.75, 3.05) is 11.5 Å². The number of hydrogen-bond acceptors (Lipinski definition) is 1. The zero-order valence-corrected chi connectivity index (χ0v) is 8.50. The second-order valence-corrected chi connectivity index (χ2v) is 4.52. The van der Waals surface area contributed by atoms with E-state index in [1.54, 1.807) is 0 Å². The summed E-state index contributed by atoms with van der Waals surface area (Å²) in [6.45, 7) is 9.15. The average Bonchev–Trinajstić information content (AvgIpc) is 1.87. The van der Waals surface area contributed by atoms with Crippen LogP contribution >= 0.6 is 11.8 Å². The predicted molar refractivity (Wildman–Crippen MR) is 51.6 cm³/mol. The predicted octanol–water partition coefficient (Wildman–Crippen LogP) is 3.42. The third-order valence-corrected chi connectivity index (χ3v) is 3.26. The lowest BCUT2D eigenvalue weighted by Crippen LogP contribution is -1.99. The van der Waals surface area contributed by atoms with Gasteiger partial charge in [0, 0.05) is 0 Å². The molecule has 62 valence electrons. The highest BCUT2D eigenvalue weighted by molar-refractivity contribution is 7.99. The Morgan fingerprint density at radius 2 is 1.70 bits per heavy atom. The summed E-state index contributed by atoms with van der Waals surface area (Å²) >= 11 is 2.09. The van der Waals surface area contributed by atoms with Gasteiger partial charge in [-0.2, -0.15) is 11.8 Å². The van der Waals surface area contributed by atoms with Crippen molar-refractivity contribution in [3.8, 4) is 0 Å². The Morgan fingerprint density at radius 3 is 2.10 bits per heavy atom. The Labute approximate surface area is 69.8 Å². The monoisotopic (exact) mass is 160 g/mol. The van der Waals surface area contributed by atoms with Gasteiger partial charge in [0.25, 0.3) is 0 Å². The standard InChI is InChI=1S/C9H20S/c1-5-9(4)7-10-6-8(2)3/h8-9H,5-7H2,1-4H3. The molecule has 10 heavy (non-hydrogen) atoms. The van der Waals surface area contributed by atoms with Crippen LogP contribution in [-0.4, -0.2) is 11.5 Å². The highest BCUT2D eigenvalue weighted by Gasteiger charge is 1.99. The van der Waals surface area contributed by atoms with Crippen LogP contribution in [0.4, 0.5) is 0 Å². The van der Waals surface area contributed by atoms with Crippen LogP contribution in [0.1, 0.15) is 34.1 Å². The van der Waals surface area contributed by atoms with Gasteiger partial charge in [0.05, 0.1) is 0 Å². The van der Waals surface area contributed by atoms with Crippen molar-refractivity contribution in [2.45, 2.75) is 34.1 Å². The van der Waals surface area contributed by atoms with Crippen LogP contribution in [0.15, 0.2) is 0 Å². The van der Waals surface area contributed by atoms with Gasteiger partial charge in [-0.3, -0.25) is 0 Å². The lowest BCUT2D eigenvalue weighted by atomic mass is 10.2. The molecule has 0 saturated heterocycles. The molecule has 1 unspecified atom stereocenters. The fourth-order valence-corrected chi connectivity index (χ4v) is 1.87. The van der Waals surface area contributed by atoms with E-state index in [-0.39, 0.29) is 0 Å². The maximum absolute atomic E-state index is 2.33. The Kier molecular flexibility index (Phi) is 6.30. The molecule has 0 aromatic rings. The largest absolute Gasteiger partial charge is 0.161 e. The van der Waals surface area contributed by atoms with Gasteiger partial charge in [-0.25, -0.2) is 0 Å². The maximum Gasteiger partial charge on any atom is -0.00418 e. The van der Waals surface area contributed by atoms with E-state index in [1.165, 1.54) is 17.9 Å². The van der Waals surface area contributed by atoms with E-state index in [0.717, 1.165) is 11.8 Å². The van der Waals surface area contributed by atoms with Crippen molar-refractivity contribution in [3.63, 3.8) is 0 Å². The van der Waals surface area contributed by atoms with E-state index in [4.69, 9.17) is 0 Å². The van der Waals surface area contributed by atoms with Crippen molar-refractivity contribution < 1.29 is 0 Å². The van der Waals surface area contributed by atoms with Gasteiger partial charge in [0.1, 0.15) is 0 Å². The molecule has 0 saturated carbocycles. The summed E-state index contributed by atoms with van der Waals surface area (Å²) in [5, 5.41) is 0. The fourth-order valence-electron chi connectivity index (χ4n) is 0.623. The molecule has 0 aromatic carbocycles. The molecule has 0 rings (SSSR count). The van der Waals surface area contributed by atoms with Crippen LogP contribution in [-0.2, 0) is 0 Å². The minimum absolute atomic E-state index is 0.856. The van der Waals surface area contributed by atoms with Gasteiger partial charge in [0.15, 0.2) is 0 Å². The molecule has 0 heterocycles. The third-order valence-electron chi connectivity index (χ3n) is 1.55. The fraction of sp³-hybridized carbons (Fsp3) is 1.00. The average molecular weight is 160 g/mol. The topological polar surface area (TPSA) is 0 Å². The first-order valence-corrected chi connectivity index (χ1v) is 5.40. The van der Waals surface area contributed by atoms with Crippen LogP contribution in [0, 0.1) is 11.8 Å². The molecular weight excluding hydrogens is 140 g/mol. The molecule has 0 radical (unpaired) electrons. The SMILES string of the molecule is CCC(C)CSCC(C)C. The number of thioether (sulfide) groups is 1. The van der Waals surface area contributed by atoms with Gasteiger partial charge in [0.2, 0.25) is 0 Å². The van der Waals surface area contributed by atoms with Crippen molar-refractivity contribution in [3.05, 3.63) is 0 Å². The van der Waals surface area contributed by atoms with E-state index in [2.05, 4.69) is 39.5 Å². The molecule has 0 fully saturated rings. The molecule has 1 atom stereocenters. The highest BCUT2D eigenvalue weighted by Crippen LogP contribution is 2.13. The van der Waals surface area contributed by atoms with Crippen molar-refractivity contribution >= 4 is 11.8 Å². The Morgan fingerprint density at radius 1 is 1.10 bits per heavy atom. The molecule has 0 aliphatic rings. The summed E-state index contributed by atoms with van der Waals surface area (Å²) in [6, 6.07) is 0. The molecule has 0 bridgehead atoms. The summed E-state index contributed by atoms with van der Waals surface area (Å²) in [5.41, 5.74) is 0. The summed E-state index contributed by atoms with van der Waals surface area (Å²) in [4.78, 5) is 0. The summed E-state index contributed by atoms with van der Waals surface area (Å²) in [6.07, 6.45) is 1.32. The van der Waals surface area contributed by atoms with Gasteiger partial charge in [-0.1, -0.05) is 34.1 Å². The Balaban J connectivity index is 3.03. The molecule has 0 aromatic heterocycles. The summed E-state index contributed by atoms with van der Waals surface area (Å²) < 4.78 is 0. The minimum Gasteiger partial charge on any atom is -0.161 e. The molecule has 1 heteroatoms. The first-order chi connectivity index (χ1) is 4.66. The lowest BCUT2D eigenvalue weighted by molar-refractivity contribution is 0.635. The number of hydrogen-bond donors (Lipinski definition) is 0. The van der Waals surface area contributed by atoms with E-state index >= 15 is 0 Å². The van der Waals surface area contributed by atoms with Gasteiger partial charge in [-0.05, 0) is 23.3 Å². The quantitative estimate of drug-likeness (QED) is 0.594.